The van der Waals surface area contributed by atoms with Crippen LogP contribution in [-0.2, 0) is 4.57 Å². The van der Waals surface area contributed by atoms with Gasteiger partial charge in [-0.1, -0.05) is 18.2 Å². The summed E-state index contributed by atoms with van der Waals surface area (Å²) in [6, 6.07) is 7.70. The molecule has 0 aliphatic rings. The first-order valence-corrected chi connectivity index (χ1v) is 4.33. The van der Waals surface area contributed by atoms with Gasteiger partial charge in [-0.25, -0.2) is 0 Å². The molecule has 0 heterocycles. The van der Waals surface area contributed by atoms with Crippen LogP contribution in [0.2, 0.25) is 0 Å². The molecule has 0 amide bonds. The van der Waals surface area contributed by atoms with Gasteiger partial charge in [0.05, 0.1) is 5.30 Å². The van der Waals surface area contributed by atoms with E-state index in [1.165, 1.54) is 12.1 Å². The molecule has 2 N–H and O–H groups in total. The van der Waals surface area contributed by atoms with E-state index < -0.39 is 7.60 Å². The predicted molar refractivity (Wildman–Crippen MR) is 49.6 cm³/mol. The summed E-state index contributed by atoms with van der Waals surface area (Å²) in [5.74, 6) is 0. The second-order valence-corrected chi connectivity index (χ2v) is 3.48. The van der Waals surface area contributed by atoms with Crippen LogP contribution >= 0.6 is 7.60 Å². The molecule has 0 unspecified atom stereocenters. The Bertz CT molecular complexity index is 259. The van der Waals surface area contributed by atoms with E-state index >= 15 is 0 Å². The van der Waals surface area contributed by atoms with Crippen LogP contribution in [0.3, 0.4) is 0 Å². The van der Waals surface area contributed by atoms with Crippen molar-refractivity contribution < 1.29 is 14.4 Å². The van der Waals surface area contributed by atoms with Gasteiger partial charge in [-0.2, -0.15) is 0 Å². The van der Waals surface area contributed by atoms with Crippen molar-refractivity contribution in [3.63, 3.8) is 0 Å². The maximum atomic E-state index is 10.5. The van der Waals surface area contributed by atoms with Crippen LogP contribution in [0.25, 0.3) is 0 Å². The molecule has 12 heavy (non-hydrogen) atoms. The van der Waals surface area contributed by atoms with E-state index in [1.807, 2.05) is 0 Å². The van der Waals surface area contributed by atoms with Crippen molar-refractivity contribution >= 4 is 67.5 Å². The van der Waals surface area contributed by atoms with Gasteiger partial charge in [0.1, 0.15) is 0 Å². The van der Waals surface area contributed by atoms with Gasteiger partial charge in [-0.05, 0) is 12.1 Å². The van der Waals surface area contributed by atoms with E-state index in [0.29, 0.717) is 0 Å². The summed E-state index contributed by atoms with van der Waals surface area (Å²) in [5, 5.41) is 0.0648. The largest absolute Gasteiger partial charge is 0.356 e. The summed E-state index contributed by atoms with van der Waals surface area (Å²) in [6.45, 7) is 0. The third-order valence-corrected chi connectivity index (χ3v) is 2.06. The standard InChI is InChI=1S/C6H7O3P.2Tl/c7-10(8,9)6-4-2-1-3-5-6;;/h1-5H,(H2,7,8,9);;. The summed E-state index contributed by atoms with van der Waals surface area (Å²) in [6.07, 6.45) is 0. The molecule has 0 atom stereocenters. The van der Waals surface area contributed by atoms with E-state index in [2.05, 4.69) is 0 Å². The van der Waals surface area contributed by atoms with Gasteiger partial charge in [-0.3, -0.25) is 4.57 Å². The number of rotatable bonds is 1. The van der Waals surface area contributed by atoms with Gasteiger partial charge >= 0.3 is 7.60 Å². The first kappa shape index (κ1) is 15.7. The molecule has 0 bridgehead atoms. The van der Waals surface area contributed by atoms with Crippen molar-refractivity contribution in [1.29, 1.82) is 0 Å². The van der Waals surface area contributed by atoms with Crippen LogP contribution in [0.1, 0.15) is 0 Å². The van der Waals surface area contributed by atoms with E-state index in [1.54, 1.807) is 18.2 Å². The van der Waals surface area contributed by atoms with Gasteiger partial charge in [0, 0.05) is 54.6 Å². The molecule has 0 aromatic heterocycles. The van der Waals surface area contributed by atoms with Crippen molar-refractivity contribution in [1.82, 2.24) is 0 Å². The Hall–Kier alpha value is 1.21. The molecule has 0 saturated heterocycles. The van der Waals surface area contributed by atoms with Crippen molar-refractivity contribution in [2.45, 2.75) is 0 Å². The van der Waals surface area contributed by atoms with Crippen molar-refractivity contribution in [3.8, 4) is 0 Å². The van der Waals surface area contributed by atoms with E-state index in [0.717, 1.165) is 0 Å². The average Bonchev–Trinajstić information content (AvgIpc) is 1.88. The Balaban J connectivity index is 0. The minimum Gasteiger partial charge on any atom is -0.321 e. The molecule has 1 aromatic rings. The Morgan fingerprint density at radius 2 is 1.42 bits per heavy atom. The molecule has 0 aliphatic heterocycles. The molecule has 2 radical (unpaired) electrons. The SMILES string of the molecule is O=P(O)(O)c1ccccc1.[Tl].[Tl]. The normalized spacial score (nSPS) is 9.50. The third-order valence-electron chi connectivity index (χ3n) is 1.09. The number of hydrogen-bond donors (Lipinski definition) is 2. The monoisotopic (exact) mass is 568 g/mol. The fraction of sp³-hybridized carbons (Fsp3) is 0. The first-order valence-electron chi connectivity index (χ1n) is 2.72. The summed E-state index contributed by atoms with van der Waals surface area (Å²) in [5.41, 5.74) is 0. The van der Waals surface area contributed by atoms with Crippen LogP contribution in [0.4, 0.5) is 0 Å². The van der Waals surface area contributed by atoms with Crippen molar-refractivity contribution in [3.05, 3.63) is 30.3 Å². The zero-order chi connectivity index (χ0) is 7.61. The van der Waals surface area contributed by atoms with Gasteiger partial charge in [-0.15, -0.1) is 0 Å². The molecule has 1 aromatic carbocycles. The van der Waals surface area contributed by atoms with Gasteiger partial charge in [0.2, 0.25) is 0 Å². The van der Waals surface area contributed by atoms with Gasteiger partial charge in [0.25, 0.3) is 0 Å². The predicted octanol–water partition coefficient (Wildman–Crippen LogP) is -0.272. The molecule has 1 rings (SSSR count). The van der Waals surface area contributed by atoms with Crippen molar-refractivity contribution in [2.24, 2.45) is 0 Å². The zero-order valence-corrected chi connectivity index (χ0v) is 16.2. The average molecular weight is 567 g/mol. The van der Waals surface area contributed by atoms with E-state index in [-0.39, 0.29) is 59.9 Å². The quantitative estimate of drug-likeness (QED) is 0.364. The Kier molecular flexibility index (Phi) is 8.67. The van der Waals surface area contributed by atoms with Crippen LogP contribution in [0.5, 0.6) is 0 Å². The van der Waals surface area contributed by atoms with Crippen LogP contribution in [-0.4, -0.2) is 64.4 Å². The first-order chi connectivity index (χ1) is 4.61. The van der Waals surface area contributed by atoms with Crippen molar-refractivity contribution in [2.75, 3.05) is 0 Å². The Labute approximate surface area is 111 Å². The minimum absolute atomic E-state index is 0. The summed E-state index contributed by atoms with van der Waals surface area (Å²) in [7, 11) is -4.02. The zero-order valence-electron chi connectivity index (χ0n) is 6.29. The molecule has 0 fully saturated rings. The van der Waals surface area contributed by atoms with E-state index in [4.69, 9.17) is 9.79 Å². The molecule has 0 saturated carbocycles. The third kappa shape index (κ3) is 5.05. The van der Waals surface area contributed by atoms with E-state index in [9.17, 15) is 4.57 Å². The smallest absolute Gasteiger partial charge is 0.321 e. The number of hydrogen-bond acceptors (Lipinski definition) is 1. The van der Waals surface area contributed by atoms with Crippen LogP contribution < -0.4 is 5.30 Å². The maximum absolute atomic E-state index is 10.5. The van der Waals surface area contributed by atoms with Gasteiger partial charge in [0.15, 0.2) is 0 Å². The van der Waals surface area contributed by atoms with Crippen LogP contribution in [0, 0.1) is 0 Å². The van der Waals surface area contributed by atoms with Crippen LogP contribution in [0.15, 0.2) is 30.3 Å². The Morgan fingerprint density at radius 1 is 1.00 bits per heavy atom. The summed E-state index contributed by atoms with van der Waals surface area (Å²) >= 11 is 0. The molecular weight excluding hydrogens is 560 g/mol. The number of benzene rings is 1. The Morgan fingerprint density at radius 3 is 1.67 bits per heavy atom. The molecular formula is C6H7O3PTl2. The molecule has 0 spiro atoms. The summed E-state index contributed by atoms with van der Waals surface area (Å²) in [4.78, 5) is 17.2. The molecule has 3 nitrogen and oxygen atoms in total. The topological polar surface area (TPSA) is 57.5 Å². The molecule has 60 valence electrons. The second-order valence-electron chi connectivity index (χ2n) is 1.88. The fourth-order valence-corrected chi connectivity index (χ4v) is 1.18. The molecule has 6 heteroatoms. The molecule has 0 aliphatic carbocycles. The second kappa shape index (κ2) is 6.64. The maximum Gasteiger partial charge on any atom is 0.356 e. The minimum atomic E-state index is -4.02. The fourth-order valence-electron chi connectivity index (χ4n) is 0.622. The van der Waals surface area contributed by atoms with Gasteiger partial charge < -0.3 is 9.79 Å². The summed E-state index contributed by atoms with van der Waals surface area (Å²) < 4.78 is 10.5.